The molecule has 2 aromatic heterocycles. The fraction of sp³-hybridized carbons (Fsp3) is 0.273. The van der Waals surface area contributed by atoms with E-state index in [0.29, 0.717) is 5.69 Å². The van der Waals surface area contributed by atoms with Gasteiger partial charge in [-0.25, -0.2) is 9.78 Å². The predicted molar refractivity (Wildman–Crippen MR) is 77.6 cm³/mol. The molecule has 2 heterocycles. The van der Waals surface area contributed by atoms with Crippen molar-refractivity contribution in [1.82, 2.24) is 4.98 Å². The number of hydrogen-bond acceptors (Lipinski definition) is 6. The molecule has 0 saturated heterocycles. The summed E-state index contributed by atoms with van der Waals surface area (Å²) in [6.07, 6.45) is 0. The van der Waals surface area contributed by atoms with Crippen molar-refractivity contribution >= 4 is 49.7 Å². The number of methoxy groups -OCH3 is 1. The lowest BCUT2D eigenvalue weighted by Crippen LogP contribution is -2.16. The maximum Gasteiger partial charge on any atom is 0.357 e. The van der Waals surface area contributed by atoms with Crippen LogP contribution in [0.5, 0.6) is 0 Å². The number of halogens is 1. The van der Waals surface area contributed by atoms with Crippen LogP contribution in [0.3, 0.4) is 0 Å². The Labute approximate surface area is 121 Å². The van der Waals surface area contributed by atoms with Crippen molar-refractivity contribution in [3.05, 3.63) is 31.9 Å². The molecular formula is C11H11BrN2O2S2. The van der Waals surface area contributed by atoms with E-state index < -0.39 is 5.97 Å². The topological polar surface area (TPSA) is 42.4 Å². The van der Waals surface area contributed by atoms with E-state index in [1.54, 1.807) is 16.7 Å². The first kappa shape index (κ1) is 13.5. The monoisotopic (exact) mass is 346 g/mol. The average Bonchev–Trinajstić information content (AvgIpc) is 2.97. The molecule has 0 amide bonds. The van der Waals surface area contributed by atoms with Crippen LogP contribution in [0.2, 0.25) is 0 Å². The average molecular weight is 347 g/mol. The van der Waals surface area contributed by atoms with Crippen LogP contribution in [0.25, 0.3) is 0 Å². The van der Waals surface area contributed by atoms with Crippen molar-refractivity contribution in [1.29, 1.82) is 0 Å². The van der Waals surface area contributed by atoms with Gasteiger partial charge in [-0.2, -0.15) is 0 Å². The molecule has 0 aliphatic heterocycles. The zero-order valence-corrected chi connectivity index (χ0v) is 13.1. The Morgan fingerprint density at radius 2 is 2.28 bits per heavy atom. The minimum atomic E-state index is -0.399. The van der Waals surface area contributed by atoms with E-state index >= 15 is 0 Å². The van der Waals surface area contributed by atoms with Crippen LogP contribution < -0.4 is 4.90 Å². The van der Waals surface area contributed by atoms with Crippen molar-refractivity contribution in [3.63, 3.8) is 0 Å². The zero-order valence-electron chi connectivity index (χ0n) is 9.84. The number of nitrogens with zero attached hydrogens (tertiary/aromatic N) is 2. The summed E-state index contributed by atoms with van der Waals surface area (Å²) in [7, 11) is 3.30. The number of rotatable bonds is 4. The van der Waals surface area contributed by atoms with Crippen LogP contribution >= 0.6 is 38.6 Å². The van der Waals surface area contributed by atoms with Gasteiger partial charge >= 0.3 is 5.97 Å². The number of carbonyl (C=O) groups excluding carboxylic acids is 1. The number of anilines is 1. The highest BCUT2D eigenvalue weighted by molar-refractivity contribution is 9.11. The SMILES string of the molecule is COC(=O)c1csc(N(C)Cc2csc(Br)c2)n1. The second-order valence-corrected chi connectivity index (χ2v) is 6.75. The molecule has 2 aromatic rings. The first-order chi connectivity index (χ1) is 8.60. The lowest BCUT2D eigenvalue weighted by Gasteiger charge is -2.14. The molecule has 18 heavy (non-hydrogen) atoms. The largest absolute Gasteiger partial charge is 0.464 e. The summed E-state index contributed by atoms with van der Waals surface area (Å²) in [6, 6.07) is 2.08. The molecule has 7 heteroatoms. The third-order valence-corrected chi connectivity index (χ3v) is 4.76. The van der Waals surface area contributed by atoms with E-state index in [9.17, 15) is 4.79 Å². The van der Waals surface area contributed by atoms with Crippen molar-refractivity contribution in [2.75, 3.05) is 19.1 Å². The molecule has 0 fully saturated rings. The predicted octanol–water partition coefficient (Wildman–Crippen LogP) is 3.39. The number of esters is 1. The second-order valence-electron chi connectivity index (χ2n) is 3.62. The summed E-state index contributed by atoms with van der Waals surface area (Å²) in [5.41, 5.74) is 1.57. The highest BCUT2D eigenvalue weighted by Crippen LogP contribution is 2.25. The Bertz CT molecular complexity index is 553. The number of aromatic nitrogens is 1. The summed E-state index contributed by atoms with van der Waals surface area (Å²) in [6.45, 7) is 0.760. The third kappa shape index (κ3) is 3.09. The molecule has 0 bridgehead atoms. The van der Waals surface area contributed by atoms with Gasteiger partial charge in [0.25, 0.3) is 0 Å². The van der Waals surface area contributed by atoms with Crippen LogP contribution in [0.15, 0.2) is 20.6 Å². The molecule has 0 spiro atoms. The van der Waals surface area contributed by atoms with Crippen molar-refractivity contribution < 1.29 is 9.53 Å². The molecular weight excluding hydrogens is 336 g/mol. The van der Waals surface area contributed by atoms with Gasteiger partial charge in [0.1, 0.15) is 0 Å². The quantitative estimate of drug-likeness (QED) is 0.795. The maximum atomic E-state index is 11.3. The second kappa shape index (κ2) is 5.81. The number of hydrogen-bond donors (Lipinski definition) is 0. The van der Waals surface area contributed by atoms with E-state index in [1.807, 2.05) is 11.9 Å². The van der Waals surface area contributed by atoms with Gasteiger partial charge in [-0.1, -0.05) is 0 Å². The van der Waals surface area contributed by atoms with Crippen molar-refractivity contribution in [3.8, 4) is 0 Å². The first-order valence-corrected chi connectivity index (χ1v) is 7.63. The molecule has 0 aliphatic carbocycles. The maximum absolute atomic E-state index is 11.3. The van der Waals surface area contributed by atoms with Gasteiger partial charge in [-0.15, -0.1) is 22.7 Å². The number of thiophene rings is 1. The number of thiazole rings is 1. The third-order valence-electron chi connectivity index (χ3n) is 2.25. The first-order valence-electron chi connectivity index (χ1n) is 5.08. The molecule has 0 aromatic carbocycles. The van der Waals surface area contributed by atoms with E-state index in [1.165, 1.54) is 24.0 Å². The highest BCUT2D eigenvalue weighted by Gasteiger charge is 2.13. The number of carbonyl (C=O) groups is 1. The Kier molecular flexibility index (Phi) is 4.36. The van der Waals surface area contributed by atoms with Crippen LogP contribution in [0.4, 0.5) is 5.13 Å². The molecule has 4 nitrogen and oxygen atoms in total. The van der Waals surface area contributed by atoms with Crippen LogP contribution in [0.1, 0.15) is 16.1 Å². The highest BCUT2D eigenvalue weighted by atomic mass is 79.9. The summed E-state index contributed by atoms with van der Waals surface area (Å²) in [5, 5.41) is 4.61. The van der Waals surface area contributed by atoms with Gasteiger partial charge in [0, 0.05) is 19.0 Å². The molecule has 0 N–H and O–H groups in total. The zero-order chi connectivity index (χ0) is 13.1. The van der Waals surface area contributed by atoms with Crippen molar-refractivity contribution in [2.45, 2.75) is 6.54 Å². The summed E-state index contributed by atoms with van der Waals surface area (Å²) in [4.78, 5) is 17.6. The van der Waals surface area contributed by atoms with Crippen LogP contribution in [0, 0.1) is 0 Å². The van der Waals surface area contributed by atoms with Gasteiger partial charge in [0.15, 0.2) is 10.8 Å². The fourth-order valence-electron chi connectivity index (χ4n) is 1.41. The van der Waals surface area contributed by atoms with Gasteiger partial charge in [0.05, 0.1) is 10.9 Å². The lowest BCUT2D eigenvalue weighted by molar-refractivity contribution is 0.0595. The normalized spacial score (nSPS) is 10.4. The standard InChI is InChI=1S/C11H11BrN2O2S2/c1-14(4-7-3-9(12)17-5-7)11-13-8(6-18-11)10(15)16-2/h3,5-6H,4H2,1-2H3. The molecule has 96 valence electrons. The van der Waals surface area contributed by atoms with Gasteiger partial charge in [-0.3, -0.25) is 0 Å². The van der Waals surface area contributed by atoms with E-state index in [2.05, 4.69) is 37.1 Å². The van der Waals surface area contributed by atoms with Crippen molar-refractivity contribution in [2.24, 2.45) is 0 Å². The van der Waals surface area contributed by atoms with Gasteiger partial charge in [0.2, 0.25) is 0 Å². The molecule has 0 radical (unpaired) electrons. The Morgan fingerprint density at radius 3 is 2.89 bits per heavy atom. The smallest absolute Gasteiger partial charge is 0.357 e. The van der Waals surface area contributed by atoms with E-state index in [-0.39, 0.29) is 0 Å². The minimum Gasteiger partial charge on any atom is -0.464 e. The van der Waals surface area contributed by atoms with Gasteiger partial charge < -0.3 is 9.64 Å². The minimum absolute atomic E-state index is 0.357. The molecule has 0 saturated carbocycles. The van der Waals surface area contributed by atoms with Crippen LogP contribution in [-0.4, -0.2) is 25.1 Å². The molecule has 2 rings (SSSR count). The molecule has 0 aliphatic rings. The van der Waals surface area contributed by atoms with E-state index in [0.717, 1.165) is 15.5 Å². The number of ether oxygens (including phenoxy) is 1. The van der Waals surface area contributed by atoms with Crippen LogP contribution in [-0.2, 0) is 11.3 Å². The fourth-order valence-corrected chi connectivity index (χ4v) is 3.37. The summed E-state index contributed by atoms with van der Waals surface area (Å²) < 4.78 is 5.74. The van der Waals surface area contributed by atoms with Gasteiger partial charge in [-0.05, 0) is 32.9 Å². The summed E-state index contributed by atoms with van der Waals surface area (Å²) >= 11 is 6.52. The Balaban J connectivity index is 2.07. The lowest BCUT2D eigenvalue weighted by atomic mass is 10.3. The molecule has 0 atom stereocenters. The summed E-state index contributed by atoms with van der Waals surface area (Å²) in [5.74, 6) is -0.399. The van der Waals surface area contributed by atoms with E-state index in [4.69, 9.17) is 0 Å². The Hall–Kier alpha value is -0.920. The molecule has 0 unspecified atom stereocenters. The Morgan fingerprint density at radius 1 is 1.50 bits per heavy atom.